The van der Waals surface area contributed by atoms with E-state index in [1.165, 1.54) is 29.0 Å². The molecule has 39 heavy (non-hydrogen) atoms. The predicted molar refractivity (Wildman–Crippen MR) is 139 cm³/mol. The van der Waals surface area contributed by atoms with E-state index in [1.54, 1.807) is 40.0 Å². The maximum Gasteiger partial charge on any atom is 0.524 e. The Morgan fingerprint density at radius 2 is 1.85 bits per heavy atom. The number of nitrogens with zero attached hydrogens (tertiary/aromatic N) is 6. The molecule has 3 amide bonds. The van der Waals surface area contributed by atoms with Gasteiger partial charge in [0.2, 0.25) is 17.7 Å². The average Bonchev–Trinajstić information content (AvgIpc) is 3.23. The number of para-hydroxylation sites is 1. The van der Waals surface area contributed by atoms with Crippen LogP contribution in [0.2, 0.25) is 0 Å². The molecule has 14 heteroatoms. The Hall–Kier alpha value is -3.77. The summed E-state index contributed by atoms with van der Waals surface area (Å²) in [5, 5.41) is 8.35. The lowest BCUT2D eigenvalue weighted by atomic mass is 9.98. The lowest BCUT2D eigenvalue weighted by molar-refractivity contribution is -0.201. The first-order valence-corrected chi connectivity index (χ1v) is 13.8. The van der Waals surface area contributed by atoms with Crippen molar-refractivity contribution in [1.29, 1.82) is 0 Å². The summed E-state index contributed by atoms with van der Waals surface area (Å²) in [7, 11) is -1.21. The number of piperazine rings is 1. The SMILES string of the molecule is CC(=O)N1[C@H]2CN(Cc3cccc4cnn(C)c34)C(=O)[C@H](Cc3ccc(OP(=O)(O)O)cc3)N2C(=O)CN1C. The van der Waals surface area contributed by atoms with Crippen LogP contribution in [-0.2, 0) is 39.0 Å². The third kappa shape index (κ3) is 5.26. The summed E-state index contributed by atoms with van der Waals surface area (Å²) in [6, 6.07) is 10.9. The zero-order chi connectivity index (χ0) is 28.1. The van der Waals surface area contributed by atoms with E-state index < -0.39 is 20.0 Å². The fraction of sp³-hybridized carbons (Fsp3) is 0.360. The Morgan fingerprint density at radius 3 is 2.51 bits per heavy atom. The molecule has 5 rings (SSSR count). The van der Waals surface area contributed by atoms with E-state index in [-0.39, 0.29) is 49.5 Å². The monoisotopic (exact) mass is 556 g/mol. The van der Waals surface area contributed by atoms with Gasteiger partial charge < -0.3 is 14.3 Å². The lowest BCUT2D eigenvalue weighted by Gasteiger charge is -2.54. The second kappa shape index (κ2) is 10.1. The van der Waals surface area contributed by atoms with Gasteiger partial charge in [-0.3, -0.25) is 33.9 Å². The molecular formula is C25H29N6O7P. The zero-order valence-corrected chi connectivity index (χ0v) is 22.6. The molecule has 0 bridgehead atoms. The van der Waals surface area contributed by atoms with Crippen LogP contribution in [0.1, 0.15) is 18.1 Å². The minimum absolute atomic E-state index is 0.0238. The van der Waals surface area contributed by atoms with Crippen molar-refractivity contribution in [1.82, 2.24) is 29.6 Å². The predicted octanol–water partition coefficient (Wildman–Crippen LogP) is 0.862. The minimum Gasteiger partial charge on any atom is -0.404 e. The van der Waals surface area contributed by atoms with Gasteiger partial charge in [0, 0.05) is 39.4 Å². The molecule has 2 N–H and O–H groups in total. The Labute approximate surface area is 224 Å². The summed E-state index contributed by atoms with van der Waals surface area (Å²) in [6.07, 6.45) is 1.20. The van der Waals surface area contributed by atoms with Crippen LogP contribution in [0, 0.1) is 0 Å². The number of benzene rings is 2. The number of amides is 3. The number of aromatic nitrogens is 2. The summed E-state index contributed by atoms with van der Waals surface area (Å²) >= 11 is 0. The van der Waals surface area contributed by atoms with Crippen molar-refractivity contribution in [2.24, 2.45) is 7.05 Å². The van der Waals surface area contributed by atoms with Crippen molar-refractivity contribution in [2.75, 3.05) is 20.1 Å². The van der Waals surface area contributed by atoms with Gasteiger partial charge in [-0.2, -0.15) is 5.10 Å². The molecule has 2 aromatic carbocycles. The van der Waals surface area contributed by atoms with Crippen LogP contribution in [0.25, 0.3) is 10.9 Å². The summed E-state index contributed by atoms with van der Waals surface area (Å²) in [4.78, 5) is 61.2. The van der Waals surface area contributed by atoms with Crippen LogP contribution in [0.5, 0.6) is 5.75 Å². The molecule has 2 fully saturated rings. The number of hydrogen-bond donors (Lipinski definition) is 2. The molecule has 2 aliphatic rings. The highest BCUT2D eigenvalue weighted by atomic mass is 31.2. The van der Waals surface area contributed by atoms with Crippen molar-refractivity contribution in [2.45, 2.75) is 32.1 Å². The molecule has 206 valence electrons. The first-order chi connectivity index (χ1) is 18.4. The number of aryl methyl sites for hydroxylation is 1. The zero-order valence-electron chi connectivity index (χ0n) is 21.7. The van der Waals surface area contributed by atoms with Crippen molar-refractivity contribution < 1.29 is 33.3 Å². The van der Waals surface area contributed by atoms with E-state index in [4.69, 9.17) is 9.79 Å². The van der Waals surface area contributed by atoms with Crippen LogP contribution in [0.15, 0.2) is 48.7 Å². The fourth-order valence-corrected chi connectivity index (χ4v) is 5.90. The number of likely N-dealkylation sites (N-methyl/N-ethyl adjacent to an activating group) is 1. The Kier molecular flexibility index (Phi) is 6.93. The number of carbonyl (C=O) groups excluding carboxylic acids is 3. The average molecular weight is 557 g/mol. The summed E-state index contributed by atoms with van der Waals surface area (Å²) < 4.78 is 17.5. The van der Waals surface area contributed by atoms with E-state index in [0.29, 0.717) is 5.56 Å². The number of phosphoric acid groups is 1. The summed E-state index contributed by atoms with van der Waals surface area (Å²) in [5.74, 6) is -0.805. The highest BCUT2D eigenvalue weighted by molar-refractivity contribution is 7.46. The first kappa shape index (κ1) is 26.8. The highest BCUT2D eigenvalue weighted by Gasteiger charge is 2.50. The summed E-state index contributed by atoms with van der Waals surface area (Å²) in [5.41, 5.74) is 2.43. The normalized spacial score (nSPS) is 20.5. The van der Waals surface area contributed by atoms with Gasteiger partial charge in [-0.05, 0) is 23.3 Å². The van der Waals surface area contributed by atoms with E-state index in [0.717, 1.165) is 16.5 Å². The maximum atomic E-state index is 14.0. The summed E-state index contributed by atoms with van der Waals surface area (Å²) in [6.45, 7) is 1.77. The van der Waals surface area contributed by atoms with E-state index >= 15 is 0 Å². The second-order valence-electron chi connectivity index (χ2n) is 9.75. The minimum atomic E-state index is -4.72. The number of phosphoric ester groups is 1. The molecule has 3 aromatic rings. The molecule has 3 heterocycles. The number of hydrazine groups is 1. The largest absolute Gasteiger partial charge is 0.524 e. The third-order valence-electron chi connectivity index (χ3n) is 7.04. The topological polar surface area (TPSA) is 149 Å². The maximum absolute atomic E-state index is 14.0. The van der Waals surface area contributed by atoms with E-state index in [9.17, 15) is 18.9 Å². The smallest absolute Gasteiger partial charge is 0.404 e. The van der Waals surface area contributed by atoms with Crippen LogP contribution in [0.3, 0.4) is 0 Å². The quantitative estimate of drug-likeness (QED) is 0.422. The molecule has 2 aliphatic heterocycles. The van der Waals surface area contributed by atoms with Gasteiger partial charge in [0.25, 0.3) is 0 Å². The number of hydrogen-bond acceptors (Lipinski definition) is 7. The van der Waals surface area contributed by atoms with Crippen LogP contribution >= 0.6 is 7.82 Å². The second-order valence-corrected chi connectivity index (χ2v) is 10.9. The highest BCUT2D eigenvalue weighted by Crippen LogP contribution is 2.37. The van der Waals surface area contributed by atoms with Gasteiger partial charge in [0.05, 0.1) is 24.8 Å². The van der Waals surface area contributed by atoms with Crippen molar-refractivity contribution in [3.05, 3.63) is 59.8 Å². The molecule has 0 radical (unpaired) electrons. The van der Waals surface area contributed by atoms with Gasteiger partial charge >= 0.3 is 7.82 Å². The molecule has 2 saturated heterocycles. The van der Waals surface area contributed by atoms with Gasteiger partial charge in [-0.15, -0.1) is 0 Å². The fourth-order valence-electron chi connectivity index (χ4n) is 5.50. The molecule has 13 nitrogen and oxygen atoms in total. The molecule has 2 atom stereocenters. The molecule has 1 aromatic heterocycles. The van der Waals surface area contributed by atoms with Crippen LogP contribution < -0.4 is 4.52 Å². The Balaban J connectivity index is 1.50. The first-order valence-electron chi connectivity index (χ1n) is 12.3. The third-order valence-corrected chi connectivity index (χ3v) is 7.49. The number of fused-ring (bicyclic) bond motifs is 2. The molecule has 0 saturated carbocycles. The molecule has 0 unspecified atom stereocenters. The molecular weight excluding hydrogens is 527 g/mol. The van der Waals surface area contributed by atoms with Gasteiger partial charge in [-0.1, -0.05) is 30.3 Å². The number of carbonyl (C=O) groups is 3. The van der Waals surface area contributed by atoms with Crippen molar-refractivity contribution in [3.63, 3.8) is 0 Å². The van der Waals surface area contributed by atoms with E-state index in [2.05, 4.69) is 9.62 Å². The van der Waals surface area contributed by atoms with Crippen LogP contribution in [-0.4, -0.2) is 89.5 Å². The van der Waals surface area contributed by atoms with Crippen LogP contribution in [0.4, 0.5) is 0 Å². The van der Waals surface area contributed by atoms with Gasteiger partial charge in [-0.25, -0.2) is 9.57 Å². The van der Waals surface area contributed by atoms with Crippen molar-refractivity contribution in [3.8, 4) is 5.75 Å². The van der Waals surface area contributed by atoms with Gasteiger partial charge in [0.15, 0.2) is 0 Å². The van der Waals surface area contributed by atoms with Crippen molar-refractivity contribution >= 4 is 36.4 Å². The number of rotatable bonds is 6. The van der Waals surface area contributed by atoms with E-state index in [1.807, 2.05) is 25.2 Å². The molecule has 0 spiro atoms. The lowest BCUT2D eigenvalue weighted by Crippen LogP contribution is -2.75. The Bertz CT molecular complexity index is 1490. The molecule has 0 aliphatic carbocycles. The standard InChI is InChI=1S/C25H29N6O7P/c1-16(32)31-22-14-29(13-19-6-4-5-18-12-26-28(3)24(18)19)25(34)21(30(22)23(33)15-27(31)2)11-17-7-9-20(10-8-17)38-39(35,36)37/h4-10,12,21-22H,11,13-15H2,1-3H3,(H2,35,36,37)/t21-,22-/m0/s1. The Morgan fingerprint density at radius 1 is 1.13 bits per heavy atom. The van der Waals surface area contributed by atoms with Gasteiger partial charge in [0.1, 0.15) is 18.0 Å².